The van der Waals surface area contributed by atoms with E-state index in [9.17, 15) is 5.11 Å². The highest BCUT2D eigenvalue weighted by Crippen LogP contribution is 2.34. The molecule has 1 aliphatic rings. The van der Waals surface area contributed by atoms with Crippen LogP contribution in [-0.4, -0.2) is 30.6 Å². The number of hydrogen-bond donors (Lipinski definition) is 1. The number of hydrogen-bond acceptors (Lipinski definition) is 2. The topological polar surface area (TPSA) is 23.5 Å². The molecule has 0 saturated heterocycles. The minimum absolute atomic E-state index is 0.344. The number of aryl methyl sites for hydroxylation is 1. The molecule has 2 aromatic rings. The molecule has 0 atom stereocenters. The Labute approximate surface area is 132 Å². The number of benzene rings is 2. The third-order valence-corrected chi connectivity index (χ3v) is 4.26. The van der Waals surface area contributed by atoms with E-state index in [1.807, 2.05) is 12.1 Å². The molecule has 1 N–H and O–H groups in total. The molecular formula is C20H23NO. The van der Waals surface area contributed by atoms with Gasteiger partial charge in [0.2, 0.25) is 0 Å². The number of allylic oxidation sites excluding steroid dienone is 1. The molecule has 2 nitrogen and oxygen atoms in total. The van der Waals surface area contributed by atoms with Crippen LogP contribution in [0.5, 0.6) is 5.75 Å². The van der Waals surface area contributed by atoms with Crippen LogP contribution >= 0.6 is 0 Å². The number of phenols is 1. The van der Waals surface area contributed by atoms with Gasteiger partial charge in [-0.3, -0.25) is 0 Å². The van der Waals surface area contributed by atoms with Gasteiger partial charge in [0.15, 0.2) is 0 Å². The van der Waals surface area contributed by atoms with Gasteiger partial charge in [-0.05, 0) is 67.8 Å². The Bertz CT molecular complexity index is 700. The molecule has 0 saturated carbocycles. The Balaban J connectivity index is 2.02. The molecule has 1 aliphatic carbocycles. The van der Waals surface area contributed by atoms with E-state index in [1.165, 1.54) is 27.8 Å². The van der Waals surface area contributed by atoms with Crippen LogP contribution in [0.15, 0.2) is 54.1 Å². The summed E-state index contributed by atoms with van der Waals surface area (Å²) in [4.78, 5) is 2.24. The number of nitrogens with zero attached hydrogens (tertiary/aromatic N) is 1. The Morgan fingerprint density at radius 1 is 1.00 bits per heavy atom. The van der Waals surface area contributed by atoms with Crippen LogP contribution in [0.1, 0.15) is 23.1 Å². The predicted octanol–water partition coefficient (Wildman–Crippen LogP) is 3.90. The second-order valence-electron chi connectivity index (χ2n) is 6.32. The lowest BCUT2D eigenvalue weighted by Gasteiger charge is -2.26. The van der Waals surface area contributed by atoms with Crippen LogP contribution in [0, 0.1) is 0 Å². The zero-order valence-corrected chi connectivity index (χ0v) is 13.3. The van der Waals surface area contributed by atoms with Gasteiger partial charge in [0.25, 0.3) is 0 Å². The number of fused-ring (bicyclic) bond motifs is 1. The average molecular weight is 293 g/mol. The van der Waals surface area contributed by atoms with E-state index in [2.05, 4.69) is 49.3 Å². The minimum Gasteiger partial charge on any atom is -0.508 e. The van der Waals surface area contributed by atoms with E-state index >= 15 is 0 Å². The summed E-state index contributed by atoms with van der Waals surface area (Å²) in [6, 6.07) is 16.3. The first kappa shape index (κ1) is 14.9. The molecule has 114 valence electrons. The molecule has 0 amide bonds. The third kappa shape index (κ3) is 3.23. The summed E-state index contributed by atoms with van der Waals surface area (Å²) in [5.41, 5.74) is 6.95. The summed E-state index contributed by atoms with van der Waals surface area (Å²) >= 11 is 0. The molecular weight excluding hydrogens is 270 g/mol. The van der Waals surface area contributed by atoms with Crippen molar-refractivity contribution in [2.75, 3.05) is 20.6 Å². The molecule has 0 spiro atoms. The van der Waals surface area contributed by atoms with E-state index in [1.54, 1.807) is 6.07 Å². The van der Waals surface area contributed by atoms with E-state index in [0.29, 0.717) is 5.75 Å². The van der Waals surface area contributed by atoms with Crippen LogP contribution in [0.4, 0.5) is 0 Å². The van der Waals surface area contributed by atoms with Gasteiger partial charge in [0, 0.05) is 6.54 Å². The van der Waals surface area contributed by atoms with Crippen molar-refractivity contribution >= 4 is 5.57 Å². The van der Waals surface area contributed by atoms with Crippen molar-refractivity contribution in [1.29, 1.82) is 0 Å². The number of likely N-dealkylation sites (N-methyl/N-ethyl adjacent to an activating group) is 1. The van der Waals surface area contributed by atoms with E-state index < -0.39 is 0 Å². The molecule has 0 unspecified atom stereocenters. The van der Waals surface area contributed by atoms with Gasteiger partial charge < -0.3 is 10.0 Å². The van der Waals surface area contributed by atoms with Gasteiger partial charge in [-0.2, -0.15) is 0 Å². The fourth-order valence-corrected chi connectivity index (χ4v) is 3.31. The molecule has 2 heteroatoms. The zero-order valence-electron chi connectivity index (χ0n) is 13.3. The van der Waals surface area contributed by atoms with Crippen LogP contribution in [-0.2, 0) is 12.8 Å². The standard InChI is InChI=1S/C20H23NO/c1-21(2)14-17-11-10-16-7-3-4-9-19(16)20(17)13-15-6-5-8-18(22)12-15/h3-9,12,22H,10-11,13-14H2,1-2H3. The largest absolute Gasteiger partial charge is 0.508 e. The van der Waals surface area contributed by atoms with E-state index in [4.69, 9.17) is 0 Å². The first-order chi connectivity index (χ1) is 10.6. The van der Waals surface area contributed by atoms with Gasteiger partial charge in [0.05, 0.1) is 0 Å². The second-order valence-corrected chi connectivity index (χ2v) is 6.32. The molecule has 0 heterocycles. The maximum atomic E-state index is 9.72. The number of rotatable bonds is 4. The predicted molar refractivity (Wildman–Crippen MR) is 92.0 cm³/mol. The first-order valence-corrected chi connectivity index (χ1v) is 7.85. The summed E-state index contributed by atoms with van der Waals surface area (Å²) in [7, 11) is 4.25. The quantitative estimate of drug-likeness (QED) is 0.924. The smallest absolute Gasteiger partial charge is 0.115 e. The summed E-state index contributed by atoms with van der Waals surface area (Å²) in [5.74, 6) is 0.344. The lowest BCUT2D eigenvalue weighted by atomic mass is 9.82. The van der Waals surface area contributed by atoms with Gasteiger partial charge >= 0.3 is 0 Å². The molecule has 3 rings (SSSR count). The lowest BCUT2D eigenvalue weighted by Crippen LogP contribution is -2.19. The van der Waals surface area contributed by atoms with Gasteiger partial charge in [-0.15, -0.1) is 0 Å². The van der Waals surface area contributed by atoms with Crippen LogP contribution < -0.4 is 0 Å². The maximum absolute atomic E-state index is 9.72. The summed E-state index contributed by atoms with van der Waals surface area (Å²) in [5, 5.41) is 9.72. The first-order valence-electron chi connectivity index (χ1n) is 7.85. The zero-order chi connectivity index (χ0) is 15.5. The van der Waals surface area contributed by atoms with Crippen LogP contribution in [0.25, 0.3) is 5.57 Å². The van der Waals surface area contributed by atoms with E-state index in [0.717, 1.165) is 25.8 Å². The Morgan fingerprint density at radius 3 is 2.59 bits per heavy atom. The van der Waals surface area contributed by atoms with Gasteiger partial charge in [-0.25, -0.2) is 0 Å². The summed E-state index contributed by atoms with van der Waals surface area (Å²) in [6.45, 7) is 1.00. The molecule has 0 radical (unpaired) electrons. The van der Waals surface area contributed by atoms with Crippen LogP contribution in [0.2, 0.25) is 0 Å². The maximum Gasteiger partial charge on any atom is 0.115 e. The van der Waals surface area contributed by atoms with Crippen molar-refractivity contribution < 1.29 is 5.11 Å². The summed E-state index contributed by atoms with van der Waals surface area (Å²) < 4.78 is 0. The highest BCUT2D eigenvalue weighted by atomic mass is 16.3. The van der Waals surface area contributed by atoms with Crippen LogP contribution in [0.3, 0.4) is 0 Å². The molecule has 2 aromatic carbocycles. The Morgan fingerprint density at radius 2 is 1.82 bits per heavy atom. The van der Waals surface area contributed by atoms with Gasteiger partial charge in [-0.1, -0.05) is 42.0 Å². The van der Waals surface area contributed by atoms with Gasteiger partial charge in [0.1, 0.15) is 5.75 Å². The summed E-state index contributed by atoms with van der Waals surface area (Å²) in [6.07, 6.45) is 3.14. The molecule has 22 heavy (non-hydrogen) atoms. The van der Waals surface area contributed by atoms with Crippen molar-refractivity contribution in [3.8, 4) is 5.75 Å². The second kappa shape index (κ2) is 6.37. The van der Waals surface area contributed by atoms with Crippen molar-refractivity contribution in [3.05, 3.63) is 70.8 Å². The molecule has 0 aromatic heterocycles. The lowest BCUT2D eigenvalue weighted by molar-refractivity contribution is 0.438. The molecule has 0 aliphatic heterocycles. The fourth-order valence-electron chi connectivity index (χ4n) is 3.31. The van der Waals surface area contributed by atoms with Crippen molar-refractivity contribution in [1.82, 2.24) is 4.90 Å². The SMILES string of the molecule is CN(C)CC1=C(Cc2cccc(O)c2)c2ccccc2CC1. The molecule has 0 bridgehead atoms. The normalized spacial score (nSPS) is 14.3. The van der Waals surface area contributed by atoms with Crippen molar-refractivity contribution in [2.24, 2.45) is 0 Å². The number of aromatic hydroxyl groups is 1. The van der Waals surface area contributed by atoms with E-state index in [-0.39, 0.29) is 0 Å². The third-order valence-electron chi connectivity index (χ3n) is 4.26. The van der Waals surface area contributed by atoms with Crippen molar-refractivity contribution in [2.45, 2.75) is 19.3 Å². The minimum atomic E-state index is 0.344. The Kier molecular flexibility index (Phi) is 4.30. The highest BCUT2D eigenvalue weighted by molar-refractivity contribution is 5.75. The Hall–Kier alpha value is -2.06. The monoisotopic (exact) mass is 293 g/mol. The highest BCUT2D eigenvalue weighted by Gasteiger charge is 2.19. The average Bonchev–Trinajstić information content (AvgIpc) is 2.49. The number of phenolic OH excluding ortho intramolecular Hbond substituents is 1. The fraction of sp³-hybridized carbons (Fsp3) is 0.300. The molecule has 0 fully saturated rings. The van der Waals surface area contributed by atoms with Crippen molar-refractivity contribution in [3.63, 3.8) is 0 Å².